The number of nitrogens with zero attached hydrogens (tertiary/aromatic N) is 1. The molecule has 130 valence electrons. The third-order valence-electron chi connectivity index (χ3n) is 7.37. The molecule has 1 aromatic rings. The zero-order chi connectivity index (χ0) is 17.4. The molecule has 0 radical (unpaired) electrons. The van der Waals surface area contributed by atoms with Crippen molar-refractivity contribution in [1.29, 1.82) is 0 Å². The van der Waals surface area contributed by atoms with Crippen molar-refractivity contribution in [1.82, 2.24) is 0 Å². The lowest BCUT2D eigenvalue weighted by atomic mass is 9.61. The van der Waals surface area contributed by atoms with E-state index in [-0.39, 0.29) is 11.3 Å². The van der Waals surface area contributed by atoms with E-state index in [9.17, 15) is 4.79 Å². The number of carbonyl (C=O) groups is 1. The van der Waals surface area contributed by atoms with E-state index in [0.29, 0.717) is 6.04 Å². The summed E-state index contributed by atoms with van der Waals surface area (Å²) in [6.45, 7) is 4.34. The lowest BCUT2D eigenvalue weighted by Gasteiger charge is -2.51. The average Bonchev–Trinajstić information content (AvgIpc) is 3.14. The second-order valence-electron chi connectivity index (χ2n) is 8.21. The Labute approximate surface area is 148 Å². The third-order valence-corrected chi connectivity index (χ3v) is 7.37. The Hall–Kier alpha value is -2.07. The highest BCUT2D eigenvalue weighted by Crippen LogP contribution is 2.63. The monoisotopic (exact) mass is 337 g/mol. The molecular weight excluding hydrogens is 312 g/mol. The summed E-state index contributed by atoms with van der Waals surface area (Å²) >= 11 is 0. The molecule has 2 bridgehead atoms. The summed E-state index contributed by atoms with van der Waals surface area (Å²) in [5.41, 5.74) is 5.90. The summed E-state index contributed by atoms with van der Waals surface area (Å²) in [6, 6.07) is 6.86. The van der Waals surface area contributed by atoms with Gasteiger partial charge in [-0.05, 0) is 24.1 Å². The highest BCUT2D eigenvalue weighted by Gasteiger charge is 2.67. The van der Waals surface area contributed by atoms with E-state index in [4.69, 9.17) is 4.74 Å². The molecule has 2 fully saturated rings. The van der Waals surface area contributed by atoms with E-state index in [1.165, 1.54) is 11.1 Å². The molecule has 1 aliphatic carbocycles. The van der Waals surface area contributed by atoms with Crippen LogP contribution in [0.5, 0.6) is 5.75 Å². The lowest BCUT2D eigenvalue weighted by Crippen LogP contribution is -2.61. The quantitative estimate of drug-likeness (QED) is 0.512. The van der Waals surface area contributed by atoms with E-state index in [1.807, 2.05) is 6.07 Å². The maximum Gasteiger partial charge on any atom is 0.148 e. The summed E-state index contributed by atoms with van der Waals surface area (Å²) in [5.74, 6) is 1.15. The molecule has 1 unspecified atom stereocenters. The van der Waals surface area contributed by atoms with Crippen LogP contribution in [0.15, 0.2) is 41.1 Å². The van der Waals surface area contributed by atoms with Crippen molar-refractivity contribution in [3.63, 3.8) is 0 Å². The van der Waals surface area contributed by atoms with Gasteiger partial charge in [0.1, 0.15) is 24.6 Å². The van der Waals surface area contributed by atoms with Gasteiger partial charge in [-0.3, -0.25) is 4.79 Å². The number of benzene rings is 1. The Morgan fingerprint density at radius 2 is 2.24 bits per heavy atom. The van der Waals surface area contributed by atoms with Crippen LogP contribution in [0.2, 0.25) is 0 Å². The number of allylic oxidation sites excluding steroid dienone is 2. The number of hydrogen-bond donors (Lipinski definition) is 1. The molecule has 4 heteroatoms. The van der Waals surface area contributed by atoms with Crippen LogP contribution in [0.4, 0.5) is 5.69 Å². The zero-order valence-electron chi connectivity index (χ0n) is 15.1. The minimum atomic E-state index is -0.0510. The molecular formula is C21H25N2O2+. The van der Waals surface area contributed by atoms with Crippen LogP contribution in [0, 0.1) is 5.92 Å². The van der Waals surface area contributed by atoms with E-state index < -0.39 is 0 Å². The minimum Gasteiger partial charge on any atom is -0.495 e. The number of ether oxygens (including phenoxy) is 1. The molecule has 3 aliphatic heterocycles. The molecule has 3 heterocycles. The molecule has 1 N–H and O–H groups in total. The predicted molar refractivity (Wildman–Crippen MR) is 97.6 cm³/mol. The van der Waals surface area contributed by atoms with E-state index >= 15 is 0 Å². The number of quaternary nitrogens is 1. The molecule has 5 rings (SSSR count). The van der Waals surface area contributed by atoms with Crippen LogP contribution in [0.1, 0.15) is 25.3 Å². The van der Waals surface area contributed by atoms with Gasteiger partial charge in [0.15, 0.2) is 0 Å². The van der Waals surface area contributed by atoms with Gasteiger partial charge in [0.2, 0.25) is 0 Å². The van der Waals surface area contributed by atoms with E-state index in [1.54, 1.807) is 7.11 Å². The summed E-state index contributed by atoms with van der Waals surface area (Å²) in [6.07, 6.45) is 5.52. The van der Waals surface area contributed by atoms with Gasteiger partial charge in [0.25, 0.3) is 0 Å². The van der Waals surface area contributed by atoms with E-state index in [0.717, 1.165) is 59.4 Å². The number of hydrogen-bond acceptors (Lipinski definition) is 3. The first-order valence-corrected chi connectivity index (χ1v) is 9.22. The number of piperidine rings is 1. The number of fused-ring (bicyclic) bond motifs is 2. The Kier molecular flexibility index (Phi) is 2.89. The molecule has 1 spiro atoms. The van der Waals surface area contributed by atoms with Crippen molar-refractivity contribution in [3.05, 3.63) is 46.7 Å². The van der Waals surface area contributed by atoms with Crippen LogP contribution in [0.25, 0.3) is 0 Å². The summed E-state index contributed by atoms with van der Waals surface area (Å²) < 4.78 is 6.71. The largest absolute Gasteiger partial charge is 0.495 e. The fourth-order valence-electron chi connectivity index (χ4n) is 6.28. The SMILES string of the molecule is C/C=C1/C[N+]2(C)CC[C@]34C(=C(C=O)[C@H]1C[C@@H]32)Nc1c(OC)cccc14. The standard InChI is InChI=1S/C21H24N2O2/c1-4-13-11-23(2)9-8-21-16-6-5-7-17(25-3)19(16)22-20(21)15(12-24)14(13)10-18(21)23/h4-7,12,14,18H,8-11H2,1-3H3/p+1/b13-4-/t14-,18-,21+,23?/m0/s1. The number of likely N-dealkylation sites (N-methyl/N-ethyl adjacent to an activating group) is 1. The summed E-state index contributed by atoms with van der Waals surface area (Å²) in [5, 5.41) is 3.65. The fourth-order valence-corrected chi connectivity index (χ4v) is 6.28. The fraction of sp³-hybridized carbons (Fsp3) is 0.476. The van der Waals surface area contributed by atoms with Crippen LogP contribution < -0.4 is 10.1 Å². The normalized spacial score (nSPS) is 39.1. The van der Waals surface area contributed by atoms with Gasteiger partial charge in [0.05, 0.1) is 31.8 Å². The molecule has 4 atom stereocenters. The number of methoxy groups -OCH3 is 1. The number of anilines is 1. The highest BCUT2D eigenvalue weighted by molar-refractivity contribution is 5.86. The van der Waals surface area contributed by atoms with Crippen LogP contribution in [0.3, 0.4) is 0 Å². The molecule has 0 saturated carbocycles. The predicted octanol–water partition coefficient (Wildman–Crippen LogP) is 3.01. The molecule has 1 aromatic carbocycles. The van der Waals surface area contributed by atoms with Crippen molar-refractivity contribution in [2.75, 3.05) is 32.6 Å². The van der Waals surface area contributed by atoms with Crippen molar-refractivity contribution in [2.24, 2.45) is 5.92 Å². The first-order valence-electron chi connectivity index (χ1n) is 9.22. The lowest BCUT2D eigenvalue weighted by molar-refractivity contribution is -0.923. The Morgan fingerprint density at radius 3 is 2.96 bits per heavy atom. The molecule has 0 aromatic heterocycles. The second-order valence-corrected chi connectivity index (χ2v) is 8.21. The third kappa shape index (κ3) is 1.59. The van der Waals surface area contributed by atoms with Crippen LogP contribution in [-0.2, 0) is 10.2 Å². The van der Waals surface area contributed by atoms with Crippen LogP contribution in [-0.4, -0.2) is 44.1 Å². The Balaban J connectivity index is 1.84. The highest BCUT2D eigenvalue weighted by atomic mass is 16.5. The molecule has 2 saturated heterocycles. The number of rotatable bonds is 2. The van der Waals surface area contributed by atoms with Gasteiger partial charge in [-0.1, -0.05) is 18.2 Å². The summed E-state index contributed by atoms with van der Waals surface area (Å²) in [7, 11) is 4.12. The number of carbonyl (C=O) groups excluding carboxylic acids is 1. The summed E-state index contributed by atoms with van der Waals surface area (Å²) in [4.78, 5) is 12.2. The van der Waals surface area contributed by atoms with Gasteiger partial charge in [0, 0.05) is 30.0 Å². The van der Waals surface area contributed by atoms with Gasteiger partial charge in [-0.25, -0.2) is 0 Å². The molecule has 0 amide bonds. The Bertz CT molecular complexity index is 855. The van der Waals surface area contributed by atoms with Gasteiger partial charge < -0.3 is 14.5 Å². The first kappa shape index (κ1) is 15.2. The molecule has 4 nitrogen and oxygen atoms in total. The second kappa shape index (κ2) is 4.76. The van der Waals surface area contributed by atoms with Crippen molar-refractivity contribution < 1.29 is 14.0 Å². The maximum absolute atomic E-state index is 12.2. The topological polar surface area (TPSA) is 38.3 Å². The number of aldehydes is 1. The average molecular weight is 337 g/mol. The van der Waals surface area contributed by atoms with Gasteiger partial charge in [-0.15, -0.1) is 0 Å². The smallest absolute Gasteiger partial charge is 0.148 e. The molecule has 25 heavy (non-hydrogen) atoms. The minimum absolute atomic E-state index is 0.0510. The van der Waals surface area contributed by atoms with Crippen LogP contribution >= 0.6 is 0 Å². The molecule has 4 aliphatic rings. The van der Waals surface area contributed by atoms with Crippen molar-refractivity contribution >= 4 is 12.0 Å². The first-order chi connectivity index (χ1) is 12.1. The van der Waals surface area contributed by atoms with Crippen molar-refractivity contribution in [2.45, 2.75) is 31.2 Å². The zero-order valence-corrected chi connectivity index (χ0v) is 15.1. The van der Waals surface area contributed by atoms with Gasteiger partial charge >= 0.3 is 0 Å². The van der Waals surface area contributed by atoms with Crippen molar-refractivity contribution in [3.8, 4) is 5.75 Å². The van der Waals surface area contributed by atoms with Gasteiger partial charge in [-0.2, -0.15) is 0 Å². The number of para-hydroxylation sites is 1. The maximum atomic E-state index is 12.2. The van der Waals surface area contributed by atoms with E-state index in [2.05, 4.69) is 37.5 Å². The Morgan fingerprint density at radius 1 is 1.40 bits per heavy atom. The number of nitrogens with one attached hydrogen (secondary N) is 1.